The number of halogens is 2. The number of rotatable bonds is 6. The highest BCUT2D eigenvalue weighted by molar-refractivity contribution is 5.79. The van der Waals surface area contributed by atoms with Crippen LogP contribution in [0.3, 0.4) is 0 Å². The summed E-state index contributed by atoms with van der Waals surface area (Å²) < 4.78 is 42.8. The minimum atomic E-state index is -0.676. The molecule has 2 aromatic carbocycles. The quantitative estimate of drug-likeness (QED) is 0.613. The first kappa shape index (κ1) is 19.8. The molecule has 9 heteroatoms. The van der Waals surface area contributed by atoms with E-state index in [0.29, 0.717) is 35.0 Å². The van der Waals surface area contributed by atoms with E-state index >= 15 is 0 Å². The van der Waals surface area contributed by atoms with Crippen molar-refractivity contribution in [2.75, 3.05) is 20.8 Å². The lowest BCUT2D eigenvalue weighted by molar-refractivity contribution is -0.128. The summed E-state index contributed by atoms with van der Waals surface area (Å²) in [6.07, 6.45) is 0.191. The predicted octanol–water partition coefficient (Wildman–Crippen LogP) is 3.55. The summed E-state index contributed by atoms with van der Waals surface area (Å²) in [5.41, 5.74) is 0.992. The first-order valence-corrected chi connectivity index (χ1v) is 9.25. The van der Waals surface area contributed by atoms with Crippen LogP contribution in [0, 0.1) is 11.6 Å². The van der Waals surface area contributed by atoms with E-state index in [1.54, 1.807) is 25.3 Å². The van der Waals surface area contributed by atoms with Crippen LogP contribution in [-0.4, -0.2) is 41.7 Å². The van der Waals surface area contributed by atoms with E-state index in [0.717, 1.165) is 6.07 Å². The van der Waals surface area contributed by atoms with Crippen LogP contribution in [0.5, 0.6) is 11.5 Å². The highest BCUT2D eigenvalue weighted by atomic mass is 19.1. The number of carbonyl (C=O) groups is 1. The van der Waals surface area contributed by atoms with Gasteiger partial charge in [-0.2, -0.15) is 4.98 Å². The molecular weight excluding hydrogens is 396 g/mol. The number of methoxy groups -OCH3 is 2. The topological polar surface area (TPSA) is 77.7 Å². The van der Waals surface area contributed by atoms with Gasteiger partial charge in [-0.3, -0.25) is 4.79 Å². The fourth-order valence-electron chi connectivity index (χ4n) is 3.51. The average Bonchev–Trinajstić information content (AvgIpc) is 3.34. The van der Waals surface area contributed by atoms with Crippen LogP contribution in [0.15, 0.2) is 40.9 Å². The van der Waals surface area contributed by atoms with E-state index in [4.69, 9.17) is 14.0 Å². The van der Waals surface area contributed by atoms with E-state index in [1.165, 1.54) is 24.1 Å². The fraction of sp³-hybridized carbons (Fsp3) is 0.286. The Morgan fingerprint density at radius 3 is 2.60 bits per heavy atom. The molecule has 0 spiro atoms. The molecule has 4 rings (SSSR count). The van der Waals surface area contributed by atoms with Gasteiger partial charge in [0, 0.05) is 37.6 Å². The molecule has 7 nitrogen and oxygen atoms in total. The molecule has 0 N–H and O–H groups in total. The minimum Gasteiger partial charge on any atom is -0.497 e. The normalized spacial score (nSPS) is 16.2. The van der Waals surface area contributed by atoms with E-state index < -0.39 is 11.6 Å². The minimum absolute atomic E-state index is 0.112. The average molecular weight is 415 g/mol. The predicted molar refractivity (Wildman–Crippen MR) is 102 cm³/mol. The molecule has 2 heterocycles. The van der Waals surface area contributed by atoms with Gasteiger partial charge in [0.1, 0.15) is 23.1 Å². The number of likely N-dealkylation sites (tertiary alicyclic amines) is 1. The Hall–Kier alpha value is -3.49. The SMILES string of the molecule is COc1ccc(-c2nc(C3CC(=O)N(Cc4cc(F)cc(F)c4)C3)no2)c(OC)c1. The van der Waals surface area contributed by atoms with Crippen LogP contribution < -0.4 is 9.47 Å². The molecule has 1 fully saturated rings. The van der Waals surface area contributed by atoms with Crippen molar-refractivity contribution in [3.63, 3.8) is 0 Å². The first-order valence-electron chi connectivity index (χ1n) is 9.25. The summed E-state index contributed by atoms with van der Waals surface area (Å²) in [6.45, 7) is 0.441. The van der Waals surface area contributed by atoms with E-state index in [1.807, 2.05) is 0 Å². The van der Waals surface area contributed by atoms with Crippen molar-refractivity contribution in [1.29, 1.82) is 0 Å². The number of benzene rings is 2. The van der Waals surface area contributed by atoms with Crippen molar-refractivity contribution in [1.82, 2.24) is 15.0 Å². The van der Waals surface area contributed by atoms with Gasteiger partial charge >= 0.3 is 0 Å². The molecule has 1 unspecified atom stereocenters. The zero-order chi connectivity index (χ0) is 21.3. The van der Waals surface area contributed by atoms with Gasteiger partial charge in [0.2, 0.25) is 5.91 Å². The number of hydrogen-bond acceptors (Lipinski definition) is 6. The Morgan fingerprint density at radius 1 is 1.13 bits per heavy atom. The highest BCUT2D eigenvalue weighted by Gasteiger charge is 2.34. The summed E-state index contributed by atoms with van der Waals surface area (Å²) in [5, 5.41) is 4.02. The number of aromatic nitrogens is 2. The third-order valence-corrected chi connectivity index (χ3v) is 4.96. The van der Waals surface area contributed by atoms with Crippen molar-refractivity contribution in [3.8, 4) is 23.0 Å². The molecule has 1 amide bonds. The fourth-order valence-corrected chi connectivity index (χ4v) is 3.51. The van der Waals surface area contributed by atoms with Gasteiger partial charge in [0.15, 0.2) is 5.82 Å². The van der Waals surface area contributed by atoms with Crippen molar-refractivity contribution < 1.29 is 27.6 Å². The standard InChI is InChI=1S/C21H19F2N3O4/c1-28-16-3-4-17(18(9-16)29-2)21-24-20(25-30-21)13-7-19(27)26(11-13)10-12-5-14(22)8-15(23)6-12/h3-6,8-9,13H,7,10-11H2,1-2H3. The third-order valence-electron chi connectivity index (χ3n) is 4.96. The van der Waals surface area contributed by atoms with Crippen LogP contribution in [0.2, 0.25) is 0 Å². The van der Waals surface area contributed by atoms with Gasteiger partial charge in [-0.15, -0.1) is 0 Å². The zero-order valence-electron chi connectivity index (χ0n) is 16.4. The highest BCUT2D eigenvalue weighted by Crippen LogP contribution is 2.34. The second kappa shape index (κ2) is 8.10. The van der Waals surface area contributed by atoms with Crippen LogP contribution >= 0.6 is 0 Å². The number of hydrogen-bond donors (Lipinski definition) is 0. The van der Waals surface area contributed by atoms with Crippen molar-refractivity contribution in [3.05, 3.63) is 59.4 Å². The number of carbonyl (C=O) groups excluding carboxylic acids is 1. The summed E-state index contributed by atoms with van der Waals surface area (Å²) in [7, 11) is 3.08. The molecule has 1 aliphatic rings. The maximum Gasteiger partial charge on any atom is 0.261 e. The van der Waals surface area contributed by atoms with Crippen LogP contribution in [-0.2, 0) is 11.3 Å². The monoisotopic (exact) mass is 415 g/mol. The second-order valence-corrected chi connectivity index (χ2v) is 6.98. The van der Waals surface area contributed by atoms with Crippen LogP contribution in [0.25, 0.3) is 11.5 Å². The molecule has 1 atom stereocenters. The van der Waals surface area contributed by atoms with Crippen molar-refractivity contribution >= 4 is 5.91 Å². The number of ether oxygens (including phenoxy) is 2. The van der Waals surface area contributed by atoms with Crippen LogP contribution in [0.4, 0.5) is 8.78 Å². The largest absolute Gasteiger partial charge is 0.497 e. The zero-order valence-corrected chi connectivity index (χ0v) is 16.4. The summed E-state index contributed by atoms with van der Waals surface area (Å²) in [5.74, 6) is 0.0271. The van der Waals surface area contributed by atoms with Gasteiger partial charge < -0.3 is 18.9 Å². The lowest BCUT2D eigenvalue weighted by Gasteiger charge is -2.16. The molecule has 3 aromatic rings. The van der Waals surface area contributed by atoms with Gasteiger partial charge in [-0.1, -0.05) is 5.16 Å². The number of amides is 1. The molecule has 0 saturated carbocycles. The molecule has 1 aliphatic heterocycles. The van der Waals surface area contributed by atoms with E-state index in [9.17, 15) is 13.6 Å². The Balaban J connectivity index is 1.51. The van der Waals surface area contributed by atoms with Gasteiger partial charge in [-0.05, 0) is 29.8 Å². The molecule has 156 valence electrons. The Morgan fingerprint density at radius 2 is 1.90 bits per heavy atom. The molecular formula is C21H19F2N3O4. The molecule has 0 bridgehead atoms. The summed E-state index contributed by atoms with van der Waals surface area (Å²) in [6, 6.07) is 8.43. The molecule has 30 heavy (non-hydrogen) atoms. The third kappa shape index (κ3) is 3.96. The van der Waals surface area contributed by atoms with Gasteiger partial charge in [0.05, 0.1) is 19.8 Å². The van der Waals surface area contributed by atoms with Crippen molar-refractivity contribution in [2.24, 2.45) is 0 Å². The number of nitrogens with zero attached hydrogens (tertiary/aromatic N) is 3. The van der Waals surface area contributed by atoms with Gasteiger partial charge in [0.25, 0.3) is 5.89 Å². The summed E-state index contributed by atoms with van der Waals surface area (Å²) in [4.78, 5) is 18.4. The second-order valence-electron chi connectivity index (χ2n) is 6.98. The van der Waals surface area contributed by atoms with Gasteiger partial charge in [-0.25, -0.2) is 8.78 Å². The Kier molecular flexibility index (Phi) is 5.35. The lowest BCUT2D eigenvalue weighted by Crippen LogP contribution is -2.24. The molecule has 0 aliphatic carbocycles. The molecule has 0 radical (unpaired) electrons. The van der Waals surface area contributed by atoms with E-state index in [2.05, 4.69) is 10.1 Å². The summed E-state index contributed by atoms with van der Waals surface area (Å²) >= 11 is 0. The van der Waals surface area contributed by atoms with Crippen molar-refractivity contribution in [2.45, 2.75) is 18.9 Å². The molecule has 1 aromatic heterocycles. The Bertz CT molecular complexity index is 1070. The Labute approximate surface area is 171 Å². The van der Waals surface area contributed by atoms with Crippen LogP contribution in [0.1, 0.15) is 23.7 Å². The smallest absolute Gasteiger partial charge is 0.261 e. The maximum atomic E-state index is 13.4. The van der Waals surface area contributed by atoms with E-state index in [-0.39, 0.29) is 30.7 Å². The molecule has 1 saturated heterocycles. The lowest BCUT2D eigenvalue weighted by atomic mass is 10.1. The first-order chi connectivity index (χ1) is 14.5. The maximum absolute atomic E-state index is 13.4.